The molecule has 2 fully saturated rings. The molecule has 2 heterocycles. The first-order valence-electron chi connectivity index (χ1n) is 14.6. The molecule has 0 radical (unpaired) electrons. The number of aliphatic hydroxyl groups excluding tert-OH is 1. The van der Waals surface area contributed by atoms with Crippen molar-refractivity contribution in [2.75, 3.05) is 20.2 Å². The van der Waals surface area contributed by atoms with Crippen LogP contribution in [0.1, 0.15) is 47.9 Å². The number of piperidine rings is 1. The topological polar surface area (TPSA) is 129 Å². The van der Waals surface area contributed by atoms with Crippen molar-refractivity contribution in [3.8, 4) is 11.5 Å². The summed E-state index contributed by atoms with van der Waals surface area (Å²) in [6.45, 7) is 1.62. The fourth-order valence-corrected chi connectivity index (χ4v) is 8.76. The van der Waals surface area contributed by atoms with E-state index < -0.39 is 34.5 Å². The molecule has 2 bridgehead atoms. The number of esters is 1. The quantitative estimate of drug-likeness (QED) is 0.412. The van der Waals surface area contributed by atoms with Crippen LogP contribution >= 0.6 is 0 Å². The highest BCUT2D eigenvalue weighted by atomic mass is 16.5. The van der Waals surface area contributed by atoms with Crippen molar-refractivity contribution < 1.29 is 34.4 Å². The van der Waals surface area contributed by atoms with E-state index in [1.807, 2.05) is 30.3 Å². The average molecular weight is 559 g/mol. The van der Waals surface area contributed by atoms with Crippen LogP contribution < -0.4 is 10.1 Å². The molecule has 1 saturated heterocycles. The van der Waals surface area contributed by atoms with Crippen molar-refractivity contribution in [3.63, 3.8) is 0 Å². The minimum absolute atomic E-state index is 0.0152. The van der Waals surface area contributed by atoms with Gasteiger partial charge in [-0.3, -0.25) is 9.69 Å². The molecule has 2 aromatic carbocycles. The van der Waals surface area contributed by atoms with Gasteiger partial charge in [0.15, 0.2) is 17.6 Å². The van der Waals surface area contributed by atoms with Gasteiger partial charge in [-0.05, 0) is 60.9 Å². The molecule has 9 nitrogen and oxygen atoms in total. The predicted molar refractivity (Wildman–Crippen MR) is 147 cm³/mol. The van der Waals surface area contributed by atoms with Crippen molar-refractivity contribution in [2.45, 2.75) is 73.6 Å². The van der Waals surface area contributed by atoms with Crippen LogP contribution in [0.25, 0.3) is 0 Å². The van der Waals surface area contributed by atoms with E-state index in [0.717, 1.165) is 35.3 Å². The second-order valence-corrected chi connectivity index (χ2v) is 12.9. The summed E-state index contributed by atoms with van der Waals surface area (Å²) in [5.74, 6) is -0.575. The highest BCUT2D eigenvalue weighted by molar-refractivity contribution is 5.99. The van der Waals surface area contributed by atoms with Gasteiger partial charge in [0.25, 0.3) is 5.91 Å². The molecule has 41 heavy (non-hydrogen) atoms. The molecule has 1 amide bonds. The molecule has 6 aliphatic rings. The number of benzene rings is 2. The Hall–Kier alpha value is -3.56. The Balaban J connectivity index is 1.22. The second-order valence-electron chi connectivity index (χ2n) is 12.9. The Kier molecular flexibility index (Phi) is 5.07. The van der Waals surface area contributed by atoms with E-state index in [1.54, 1.807) is 6.07 Å². The van der Waals surface area contributed by atoms with E-state index in [9.17, 15) is 24.9 Å². The molecule has 2 aliphatic heterocycles. The minimum atomic E-state index is -1.42. The molecule has 1 spiro atoms. The molecule has 1 saturated carbocycles. The lowest BCUT2D eigenvalue weighted by atomic mass is 9.49. The monoisotopic (exact) mass is 558 g/mol. The van der Waals surface area contributed by atoms with E-state index in [1.165, 1.54) is 20.0 Å². The van der Waals surface area contributed by atoms with E-state index in [-0.39, 0.29) is 48.1 Å². The summed E-state index contributed by atoms with van der Waals surface area (Å²) in [6, 6.07) is 10.9. The number of hydrogen-bond donors (Lipinski definition) is 4. The number of amides is 1. The number of aromatic hydroxyl groups is 1. The van der Waals surface area contributed by atoms with Gasteiger partial charge >= 0.3 is 5.97 Å². The molecule has 0 aromatic heterocycles. The smallest absolute Gasteiger partial charge is 0.332 e. The van der Waals surface area contributed by atoms with Gasteiger partial charge in [-0.15, -0.1) is 0 Å². The zero-order chi connectivity index (χ0) is 28.3. The number of ether oxygens (including phenoxy) is 2. The van der Waals surface area contributed by atoms with E-state index in [4.69, 9.17) is 9.47 Å². The summed E-state index contributed by atoms with van der Waals surface area (Å²) >= 11 is 0. The maximum Gasteiger partial charge on any atom is 0.332 e. The number of likely N-dealkylation sites (tertiary alicyclic amines) is 1. The summed E-state index contributed by atoms with van der Waals surface area (Å²) in [5.41, 5.74) is -0.0581. The van der Waals surface area contributed by atoms with Gasteiger partial charge in [-0.1, -0.05) is 30.3 Å². The first-order valence-corrected chi connectivity index (χ1v) is 14.6. The highest BCUT2D eigenvalue weighted by Crippen LogP contribution is 2.66. The molecule has 9 heteroatoms. The predicted octanol–water partition coefficient (Wildman–Crippen LogP) is 2.21. The first-order chi connectivity index (χ1) is 19.7. The van der Waals surface area contributed by atoms with Crippen molar-refractivity contribution >= 4 is 11.9 Å². The maximum absolute atomic E-state index is 14.1. The number of hydrogen-bond acceptors (Lipinski definition) is 8. The summed E-state index contributed by atoms with van der Waals surface area (Å²) in [6.07, 6.45) is 2.87. The Morgan fingerprint density at radius 1 is 1.07 bits per heavy atom. The van der Waals surface area contributed by atoms with Gasteiger partial charge in [0.1, 0.15) is 11.3 Å². The Labute approximate surface area is 237 Å². The third-order valence-corrected chi connectivity index (χ3v) is 10.8. The number of carbonyl (C=O) groups excluding carboxylic acids is 2. The van der Waals surface area contributed by atoms with Crippen LogP contribution in [-0.4, -0.2) is 75.6 Å². The average Bonchev–Trinajstić information content (AvgIpc) is 3.58. The van der Waals surface area contributed by atoms with Crippen LogP contribution in [0.3, 0.4) is 0 Å². The van der Waals surface area contributed by atoms with Crippen LogP contribution in [0.2, 0.25) is 0 Å². The fraction of sp³-hybridized carbons (Fsp3) is 0.500. The maximum atomic E-state index is 14.1. The number of fused-ring (bicyclic) bond motifs is 1. The van der Waals surface area contributed by atoms with Crippen LogP contribution in [0, 0.1) is 5.92 Å². The van der Waals surface area contributed by atoms with E-state index in [2.05, 4.69) is 10.2 Å². The van der Waals surface area contributed by atoms with Crippen LogP contribution in [-0.2, 0) is 39.0 Å². The number of nitrogens with one attached hydrogen (secondary N) is 1. The number of methoxy groups -OCH3 is 1. The molecule has 4 aliphatic carbocycles. The lowest BCUT2D eigenvalue weighted by Crippen LogP contribution is -2.76. The number of carbonyl (C=O) groups is 2. The first kappa shape index (κ1) is 25.2. The Morgan fingerprint density at radius 2 is 1.80 bits per heavy atom. The normalized spacial score (nSPS) is 32.1. The van der Waals surface area contributed by atoms with Crippen LogP contribution in [0.5, 0.6) is 11.5 Å². The van der Waals surface area contributed by atoms with E-state index >= 15 is 0 Å². The highest BCUT2D eigenvalue weighted by Gasteiger charge is 2.73. The Bertz CT molecular complexity index is 1520. The summed E-state index contributed by atoms with van der Waals surface area (Å²) in [4.78, 5) is 29.6. The second kappa shape index (κ2) is 8.26. The largest absolute Gasteiger partial charge is 0.508 e. The van der Waals surface area contributed by atoms with Crippen molar-refractivity contribution in [1.82, 2.24) is 10.2 Å². The molecule has 4 atom stereocenters. The standard InChI is InChI=1S/C32H34N2O7/c1-40-29(38)30(13-19-4-2-3-5-20(19)14-30)33-28(37)21-15-32(39)23-12-18-8-9-22(35)26-24(18)31(32,27(41-26)25(21)36)10-11-34(23)16-17-6-7-17/h2-5,8-9,17,23,27,35-36,39H,6-7,10-16H2,1H3,(H,33,37)/t23-,27+,31+,32-/m1/s1. The van der Waals surface area contributed by atoms with Crippen molar-refractivity contribution in [1.29, 1.82) is 0 Å². The number of nitrogens with zero attached hydrogens (tertiary/aromatic N) is 1. The van der Waals surface area contributed by atoms with Gasteiger partial charge in [0.2, 0.25) is 0 Å². The lowest BCUT2D eigenvalue weighted by molar-refractivity contribution is -0.173. The summed E-state index contributed by atoms with van der Waals surface area (Å²) in [7, 11) is 1.30. The molecular weight excluding hydrogens is 524 g/mol. The van der Waals surface area contributed by atoms with Gasteiger partial charge < -0.3 is 30.1 Å². The number of aliphatic hydroxyl groups is 2. The van der Waals surface area contributed by atoms with Crippen molar-refractivity contribution in [2.24, 2.45) is 5.92 Å². The van der Waals surface area contributed by atoms with Crippen molar-refractivity contribution in [3.05, 3.63) is 70.0 Å². The molecule has 8 rings (SSSR count). The zero-order valence-electron chi connectivity index (χ0n) is 23.0. The fourth-order valence-electron chi connectivity index (χ4n) is 8.76. The summed E-state index contributed by atoms with van der Waals surface area (Å²) < 4.78 is 11.5. The van der Waals surface area contributed by atoms with Crippen LogP contribution in [0.15, 0.2) is 47.7 Å². The molecular formula is C32H34N2O7. The van der Waals surface area contributed by atoms with Gasteiger partial charge in [0, 0.05) is 37.4 Å². The Morgan fingerprint density at radius 3 is 2.49 bits per heavy atom. The molecule has 0 unspecified atom stereocenters. The minimum Gasteiger partial charge on any atom is -0.508 e. The van der Waals surface area contributed by atoms with Crippen LogP contribution in [0.4, 0.5) is 0 Å². The van der Waals surface area contributed by atoms with Gasteiger partial charge in [-0.25, -0.2) is 4.79 Å². The molecule has 214 valence electrons. The van der Waals surface area contributed by atoms with E-state index in [0.29, 0.717) is 18.8 Å². The number of phenolic OH excluding ortho intramolecular Hbond substituents is 1. The molecule has 4 N–H and O–H groups in total. The summed E-state index contributed by atoms with van der Waals surface area (Å²) in [5, 5.41) is 38.3. The van der Waals surface area contributed by atoms with Gasteiger partial charge in [0.05, 0.1) is 23.7 Å². The third kappa shape index (κ3) is 3.19. The number of phenols is 1. The number of rotatable bonds is 5. The van der Waals surface area contributed by atoms with Gasteiger partial charge in [-0.2, -0.15) is 0 Å². The lowest BCUT2D eigenvalue weighted by Gasteiger charge is -2.62. The zero-order valence-corrected chi connectivity index (χ0v) is 23.0. The third-order valence-electron chi connectivity index (χ3n) is 10.8. The SMILES string of the molecule is COC(=O)C1(NC(=O)C2=C(O)[C@@H]3Oc4c(O)ccc5c4[C@@]34CCN(CC3CC3)[C@H](C5)[C@]4(O)C2)Cc2ccccc2C1. The molecule has 2 aromatic rings.